The summed E-state index contributed by atoms with van der Waals surface area (Å²) in [6, 6.07) is 7.00. The van der Waals surface area contributed by atoms with Gasteiger partial charge in [-0.15, -0.1) is 0 Å². The molecule has 10 heteroatoms. The van der Waals surface area contributed by atoms with Crippen LogP contribution in [-0.2, 0) is 20.9 Å². The number of imide groups is 1. The summed E-state index contributed by atoms with van der Waals surface area (Å²) in [5.74, 6) is -1.20. The van der Waals surface area contributed by atoms with Crippen LogP contribution < -0.4 is 15.5 Å². The third-order valence-corrected chi connectivity index (χ3v) is 4.37. The molecular weight excluding hydrogens is 402 g/mol. The minimum atomic E-state index is -0.803. The Morgan fingerprint density at radius 1 is 1.24 bits per heavy atom. The van der Waals surface area contributed by atoms with E-state index in [2.05, 4.69) is 5.32 Å². The van der Waals surface area contributed by atoms with Gasteiger partial charge < -0.3 is 19.4 Å². The quantitative estimate of drug-likeness (QED) is 0.693. The normalized spacial score (nSPS) is 13.3. The van der Waals surface area contributed by atoms with Crippen molar-refractivity contribution in [2.45, 2.75) is 19.4 Å². The first kappa shape index (κ1) is 20.4. The van der Waals surface area contributed by atoms with Gasteiger partial charge in [-0.1, -0.05) is 11.6 Å². The average Bonchev–Trinajstić information content (AvgIpc) is 3.36. The molecule has 29 heavy (non-hydrogen) atoms. The van der Waals surface area contributed by atoms with E-state index in [0.29, 0.717) is 35.9 Å². The monoisotopic (exact) mass is 419 g/mol. The number of amides is 4. The summed E-state index contributed by atoms with van der Waals surface area (Å²) in [5.41, 5.74) is 0.446. The lowest BCUT2D eigenvalue weighted by Gasteiger charge is -2.19. The van der Waals surface area contributed by atoms with Crippen molar-refractivity contribution < 1.29 is 28.3 Å². The second-order valence-corrected chi connectivity index (χ2v) is 6.63. The van der Waals surface area contributed by atoms with Gasteiger partial charge in [-0.3, -0.25) is 14.9 Å². The number of furan rings is 1. The molecular formula is C19H18ClN3O6. The standard InChI is InChI=1S/C19H18ClN3O6/c20-12-5-6-14(15(9-12)23-7-1-4-17(23)25)18(26)29-11-16(24)22-19(27)21-10-13-3-2-8-28-13/h2-3,5-6,8-9H,1,4,7,10-11H2,(H2,21,22,24,27). The van der Waals surface area contributed by atoms with Crippen LogP contribution in [0.4, 0.5) is 10.5 Å². The number of hydrogen-bond donors (Lipinski definition) is 2. The van der Waals surface area contributed by atoms with Gasteiger partial charge in [0, 0.05) is 18.0 Å². The van der Waals surface area contributed by atoms with Crippen LogP contribution in [0.1, 0.15) is 29.0 Å². The number of carbonyl (C=O) groups is 4. The smallest absolute Gasteiger partial charge is 0.340 e. The van der Waals surface area contributed by atoms with Crippen LogP contribution in [0.15, 0.2) is 41.0 Å². The van der Waals surface area contributed by atoms with Gasteiger partial charge in [-0.05, 0) is 36.8 Å². The Morgan fingerprint density at radius 3 is 2.76 bits per heavy atom. The molecule has 152 valence electrons. The summed E-state index contributed by atoms with van der Waals surface area (Å²) in [6.45, 7) is -0.0945. The lowest BCUT2D eigenvalue weighted by Crippen LogP contribution is -2.41. The summed E-state index contributed by atoms with van der Waals surface area (Å²) < 4.78 is 10.0. The Labute approximate surface area is 170 Å². The predicted octanol–water partition coefficient (Wildman–Crippen LogP) is 2.24. The lowest BCUT2D eigenvalue weighted by molar-refractivity contribution is -0.123. The molecule has 4 amide bonds. The fraction of sp³-hybridized carbons (Fsp3) is 0.263. The Balaban J connectivity index is 1.54. The Bertz CT molecular complexity index is 928. The Hall–Kier alpha value is -3.33. The van der Waals surface area contributed by atoms with E-state index in [1.54, 1.807) is 12.1 Å². The summed E-state index contributed by atoms with van der Waals surface area (Å²) in [6.07, 6.45) is 2.52. The number of esters is 1. The minimum Gasteiger partial charge on any atom is -0.467 e. The largest absolute Gasteiger partial charge is 0.467 e. The van der Waals surface area contributed by atoms with Crippen LogP contribution >= 0.6 is 11.6 Å². The van der Waals surface area contributed by atoms with E-state index in [1.807, 2.05) is 5.32 Å². The molecule has 1 fully saturated rings. The second-order valence-electron chi connectivity index (χ2n) is 6.20. The predicted molar refractivity (Wildman–Crippen MR) is 102 cm³/mol. The van der Waals surface area contributed by atoms with Crippen LogP contribution in [0.25, 0.3) is 0 Å². The summed E-state index contributed by atoms with van der Waals surface area (Å²) in [4.78, 5) is 49.4. The number of halogens is 1. The van der Waals surface area contributed by atoms with Gasteiger partial charge in [0.05, 0.1) is 24.1 Å². The third-order valence-electron chi connectivity index (χ3n) is 4.13. The number of nitrogens with zero attached hydrogens (tertiary/aromatic N) is 1. The number of nitrogens with one attached hydrogen (secondary N) is 2. The van der Waals surface area contributed by atoms with E-state index in [4.69, 9.17) is 20.8 Å². The third kappa shape index (κ3) is 5.35. The van der Waals surface area contributed by atoms with Crippen LogP contribution in [0, 0.1) is 0 Å². The second kappa shape index (κ2) is 9.24. The maximum atomic E-state index is 12.4. The molecule has 2 aromatic rings. The van der Waals surface area contributed by atoms with Crippen molar-refractivity contribution in [2.75, 3.05) is 18.1 Å². The lowest BCUT2D eigenvalue weighted by atomic mass is 10.1. The van der Waals surface area contributed by atoms with Crippen molar-refractivity contribution in [3.05, 3.63) is 52.9 Å². The van der Waals surface area contributed by atoms with Crippen LogP contribution in [0.3, 0.4) is 0 Å². The van der Waals surface area contributed by atoms with Crippen molar-refractivity contribution in [1.82, 2.24) is 10.6 Å². The summed E-state index contributed by atoms with van der Waals surface area (Å²) >= 11 is 5.99. The molecule has 2 heterocycles. The summed E-state index contributed by atoms with van der Waals surface area (Å²) in [5, 5.41) is 4.83. The van der Waals surface area contributed by atoms with E-state index in [0.717, 1.165) is 0 Å². The van der Waals surface area contributed by atoms with Gasteiger partial charge in [0.15, 0.2) is 6.61 Å². The highest BCUT2D eigenvalue weighted by atomic mass is 35.5. The molecule has 1 aromatic heterocycles. The molecule has 1 aromatic carbocycles. The SMILES string of the molecule is O=C(COC(=O)c1ccc(Cl)cc1N1CCCC1=O)NC(=O)NCc1ccco1. The van der Waals surface area contributed by atoms with Gasteiger partial charge in [-0.25, -0.2) is 9.59 Å². The van der Waals surface area contributed by atoms with Crippen molar-refractivity contribution >= 4 is 41.1 Å². The maximum absolute atomic E-state index is 12.4. The van der Waals surface area contributed by atoms with Gasteiger partial charge in [0.1, 0.15) is 5.76 Å². The van der Waals surface area contributed by atoms with Crippen LogP contribution in [0.2, 0.25) is 5.02 Å². The number of urea groups is 1. The molecule has 0 atom stereocenters. The number of ether oxygens (including phenoxy) is 1. The number of carbonyl (C=O) groups excluding carboxylic acids is 4. The van der Waals surface area contributed by atoms with E-state index in [1.165, 1.54) is 29.4 Å². The molecule has 0 unspecified atom stereocenters. The van der Waals surface area contributed by atoms with Crippen LogP contribution in [0.5, 0.6) is 0 Å². The first-order chi connectivity index (χ1) is 13.9. The molecule has 0 bridgehead atoms. The minimum absolute atomic E-state index is 0.101. The van der Waals surface area contributed by atoms with E-state index >= 15 is 0 Å². The number of rotatable bonds is 6. The molecule has 0 aliphatic carbocycles. The van der Waals surface area contributed by atoms with Crippen molar-refractivity contribution in [3.63, 3.8) is 0 Å². The molecule has 1 aliphatic heterocycles. The zero-order chi connectivity index (χ0) is 20.8. The molecule has 0 radical (unpaired) electrons. The first-order valence-corrected chi connectivity index (χ1v) is 9.19. The highest BCUT2D eigenvalue weighted by molar-refractivity contribution is 6.31. The van der Waals surface area contributed by atoms with E-state index in [9.17, 15) is 19.2 Å². The Kier molecular flexibility index (Phi) is 6.50. The Morgan fingerprint density at radius 2 is 2.07 bits per heavy atom. The van der Waals surface area contributed by atoms with E-state index < -0.39 is 24.5 Å². The van der Waals surface area contributed by atoms with Crippen molar-refractivity contribution in [2.24, 2.45) is 0 Å². The molecule has 0 saturated carbocycles. The molecule has 1 aliphatic rings. The highest BCUT2D eigenvalue weighted by Gasteiger charge is 2.27. The topological polar surface area (TPSA) is 118 Å². The van der Waals surface area contributed by atoms with Crippen LogP contribution in [-0.4, -0.2) is 37.0 Å². The fourth-order valence-electron chi connectivity index (χ4n) is 2.80. The van der Waals surface area contributed by atoms with Gasteiger partial charge >= 0.3 is 12.0 Å². The maximum Gasteiger partial charge on any atom is 0.340 e. The van der Waals surface area contributed by atoms with Crippen molar-refractivity contribution in [1.29, 1.82) is 0 Å². The number of benzene rings is 1. The van der Waals surface area contributed by atoms with Gasteiger partial charge in [-0.2, -0.15) is 0 Å². The molecule has 9 nitrogen and oxygen atoms in total. The fourth-order valence-corrected chi connectivity index (χ4v) is 2.97. The van der Waals surface area contributed by atoms with E-state index in [-0.39, 0.29) is 18.0 Å². The number of anilines is 1. The first-order valence-electron chi connectivity index (χ1n) is 8.81. The zero-order valence-corrected chi connectivity index (χ0v) is 16.0. The molecule has 0 spiro atoms. The van der Waals surface area contributed by atoms with Gasteiger partial charge in [0.2, 0.25) is 5.91 Å². The highest BCUT2D eigenvalue weighted by Crippen LogP contribution is 2.29. The van der Waals surface area contributed by atoms with Gasteiger partial charge in [0.25, 0.3) is 5.91 Å². The molecule has 3 rings (SSSR count). The zero-order valence-electron chi connectivity index (χ0n) is 15.3. The summed E-state index contributed by atoms with van der Waals surface area (Å²) in [7, 11) is 0. The number of hydrogen-bond acceptors (Lipinski definition) is 6. The van der Waals surface area contributed by atoms with Crippen molar-refractivity contribution in [3.8, 4) is 0 Å². The molecule has 2 N–H and O–H groups in total. The molecule has 1 saturated heterocycles. The average molecular weight is 420 g/mol.